The van der Waals surface area contributed by atoms with E-state index in [1.54, 1.807) is 18.7 Å². The number of rotatable bonds is 8. The lowest BCUT2D eigenvalue weighted by molar-refractivity contribution is -0.165. The van der Waals surface area contributed by atoms with Gasteiger partial charge in [0, 0.05) is 44.3 Å². The number of alkyl halides is 6. The summed E-state index contributed by atoms with van der Waals surface area (Å²) in [6, 6.07) is 2.49. The minimum atomic E-state index is -4.80. The maximum atomic E-state index is 12.1. The summed E-state index contributed by atoms with van der Waals surface area (Å²) in [7, 11) is 0. The molecule has 1 aliphatic heterocycles. The molecule has 2 atom stereocenters. The smallest absolute Gasteiger partial charge is 0.454 e. The SMILES string of the molecule is CCO/C=C/C(=O)C(F)(F)F.CSC(C)C=CN1CCCC1.CSC(C)c1ccc(C(F)(F)F)nc1.[B]. The maximum absolute atomic E-state index is 12.1. The molecule has 0 spiro atoms. The molecule has 2 heterocycles. The van der Waals surface area contributed by atoms with E-state index < -0.39 is 23.8 Å². The van der Waals surface area contributed by atoms with E-state index in [1.165, 1.54) is 38.2 Å². The van der Waals surface area contributed by atoms with Crippen molar-refractivity contribution in [2.24, 2.45) is 0 Å². The first-order chi connectivity index (χ1) is 16.8. The van der Waals surface area contributed by atoms with Crippen LogP contribution in [0.1, 0.15) is 50.1 Å². The lowest BCUT2D eigenvalue weighted by Gasteiger charge is -2.11. The summed E-state index contributed by atoms with van der Waals surface area (Å²) in [5.41, 5.74) is -0.0277. The number of hydrogen-bond donors (Lipinski definition) is 0. The van der Waals surface area contributed by atoms with Crippen LogP contribution in [0.5, 0.6) is 0 Å². The van der Waals surface area contributed by atoms with Gasteiger partial charge >= 0.3 is 12.4 Å². The Labute approximate surface area is 226 Å². The third-order valence-corrected chi connectivity index (χ3v) is 6.62. The molecule has 2 rings (SSSR count). The topological polar surface area (TPSA) is 42.4 Å². The van der Waals surface area contributed by atoms with Gasteiger partial charge in [0.2, 0.25) is 0 Å². The molecule has 0 bridgehead atoms. The number of hydrogen-bond acceptors (Lipinski definition) is 6. The van der Waals surface area contributed by atoms with E-state index in [-0.39, 0.29) is 20.3 Å². The molecule has 0 N–H and O–H groups in total. The van der Waals surface area contributed by atoms with Crippen molar-refractivity contribution in [2.45, 2.75) is 56.5 Å². The molecule has 1 fully saturated rings. The summed E-state index contributed by atoms with van der Waals surface area (Å²) in [6.45, 7) is 8.52. The second-order valence-electron chi connectivity index (χ2n) is 7.50. The van der Waals surface area contributed by atoms with Crippen LogP contribution >= 0.6 is 23.5 Å². The molecule has 1 saturated heterocycles. The van der Waals surface area contributed by atoms with Crippen LogP contribution in [0.3, 0.4) is 0 Å². The van der Waals surface area contributed by atoms with E-state index in [4.69, 9.17) is 0 Å². The Morgan fingerprint density at radius 1 is 1.11 bits per heavy atom. The molecule has 4 nitrogen and oxygen atoms in total. The highest BCUT2D eigenvalue weighted by atomic mass is 32.2. The number of halogens is 6. The molecule has 0 aromatic carbocycles. The normalized spacial score (nSPS) is 15.3. The van der Waals surface area contributed by atoms with Crippen molar-refractivity contribution in [3.63, 3.8) is 0 Å². The number of ketones is 1. The number of carbonyl (C=O) groups is 1. The van der Waals surface area contributed by atoms with Crippen LogP contribution in [-0.2, 0) is 15.7 Å². The molecule has 0 aliphatic carbocycles. The molecule has 3 radical (unpaired) electrons. The van der Waals surface area contributed by atoms with Crippen molar-refractivity contribution >= 4 is 37.7 Å². The number of ether oxygens (including phenoxy) is 1. The van der Waals surface area contributed by atoms with Crippen LogP contribution < -0.4 is 0 Å². The van der Waals surface area contributed by atoms with Crippen LogP contribution in [0.4, 0.5) is 26.3 Å². The third kappa shape index (κ3) is 17.4. The molecule has 209 valence electrons. The van der Waals surface area contributed by atoms with E-state index in [0.717, 1.165) is 17.9 Å². The summed E-state index contributed by atoms with van der Waals surface area (Å²) in [5, 5.41) is 0.834. The van der Waals surface area contributed by atoms with Gasteiger partial charge in [-0.05, 0) is 64.0 Å². The van der Waals surface area contributed by atoms with Gasteiger partial charge in [-0.3, -0.25) is 9.78 Å². The first kappa shape index (κ1) is 37.4. The summed E-state index contributed by atoms with van der Waals surface area (Å²) in [6.07, 6.45) is 4.57. The average Bonchev–Trinajstić information content (AvgIpc) is 3.35. The van der Waals surface area contributed by atoms with Crippen LogP contribution in [0, 0.1) is 0 Å². The minimum absolute atomic E-state index is 0. The van der Waals surface area contributed by atoms with E-state index in [0.29, 0.717) is 11.3 Å². The molecule has 1 aromatic rings. The number of carbonyl (C=O) groups excluding carboxylic acids is 1. The Bertz CT molecular complexity index is 800. The minimum Gasteiger partial charge on any atom is -0.501 e. The first-order valence-electron chi connectivity index (χ1n) is 11.2. The van der Waals surface area contributed by atoms with E-state index in [1.807, 2.05) is 24.9 Å². The second-order valence-corrected chi connectivity index (χ2v) is 9.89. The molecular formula is C24H34BF6N2O2S2. The molecule has 1 aliphatic rings. The first-order valence-corrected chi connectivity index (χ1v) is 13.7. The lowest BCUT2D eigenvalue weighted by Crippen LogP contribution is -2.19. The molecule has 0 amide bonds. The van der Waals surface area contributed by atoms with Crippen molar-refractivity contribution in [1.82, 2.24) is 9.88 Å². The van der Waals surface area contributed by atoms with Crippen LogP contribution in [0.25, 0.3) is 0 Å². The van der Waals surface area contributed by atoms with Crippen LogP contribution in [0.15, 0.2) is 42.9 Å². The molecule has 0 saturated carbocycles. The largest absolute Gasteiger partial charge is 0.501 e. The average molecular weight is 571 g/mol. The van der Waals surface area contributed by atoms with Gasteiger partial charge in [-0.25, -0.2) is 0 Å². The summed E-state index contributed by atoms with van der Waals surface area (Å²) in [4.78, 5) is 15.8. The van der Waals surface area contributed by atoms with Gasteiger partial charge in [-0.15, -0.1) is 0 Å². The number of aromatic nitrogens is 1. The Morgan fingerprint density at radius 3 is 2.11 bits per heavy atom. The number of thioether (sulfide) groups is 2. The zero-order chi connectivity index (χ0) is 27.8. The van der Waals surface area contributed by atoms with Crippen molar-refractivity contribution in [1.29, 1.82) is 0 Å². The van der Waals surface area contributed by atoms with Gasteiger partial charge in [0.1, 0.15) is 5.69 Å². The highest BCUT2D eigenvalue weighted by Crippen LogP contribution is 2.30. The second kappa shape index (κ2) is 19.3. The standard InChI is InChI=1S/C9H10F3NS.C9H17NS.C6H7F3O2.B/c1-6(14-2)7-3-4-8(13-5-7)9(10,11)12;1-9(11-2)5-8-10-6-3-4-7-10;1-2-11-4-3-5(10)6(7,8)9;/h3-6H,1-2H3;5,8-9H,3-4,6-7H2,1-2H3;3-4H,2H2,1H3;/b;;4-3+;. The molecule has 1 aromatic heterocycles. The highest BCUT2D eigenvalue weighted by molar-refractivity contribution is 7.99. The number of nitrogens with zero attached hydrogens (tertiary/aromatic N) is 2. The monoisotopic (exact) mass is 571 g/mol. The number of pyridine rings is 1. The lowest BCUT2D eigenvalue weighted by atomic mass is 10.2. The zero-order valence-electron chi connectivity index (χ0n) is 21.6. The van der Waals surface area contributed by atoms with Crippen LogP contribution in [-0.4, -0.2) is 67.7 Å². The van der Waals surface area contributed by atoms with Gasteiger partial charge in [0.15, 0.2) is 0 Å². The molecule has 13 heteroatoms. The van der Waals surface area contributed by atoms with E-state index in [9.17, 15) is 31.1 Å². The number of allylic oxidation sites excluding steroid dienone is 1. The van der Waals surface area contributed by atoms with E-state index >= 15 is 0 Å². The van der Waals surface area contributed by atoms with Crippen LogP contribution in [0.2, 0.25) is 0 Å². The summed E-state index contributed by atoms with van der Waals surface area (Å²) < 4.78 is 75.1. The fourth-order valence-electron chi connectivity index (χ4n) is 2.46. The maximum Gasteiger partial charge on any atom is 0.454 e. The van der Waals surface area contributed by atoms with Crippen molar-refractivity contribution < 1.29 is 35.9 Å². The van der Waals surface area contributed by atoms with Crippen molar-refractivity contribution in [2.75, 3.05) is 32.2 Å². The third-order valence-electron chi connectivity index (χ3n) is 4.74. The van der Waals surface area contributed by atoms with Crippen molar-refractivity contribution in [3.8, 4) is 0 Å². The Balaban J connectivity index is 0. The molecular weight excluding hydrogens is 537 g/mol. The number of likely N-dealkylation sites (tertiary alicyclic amines) is 1. The Hall–Kier alpha value is -1.76. The Morgan fingerprint density at radius 2 is 1.70 bits per heavy atom. The predicted molar refractivity (Wildman–Crippen MR) is 142 cm³/mol. The van der Waals surface area contributed by atoms with Gasteiger partial charge < -0.3 is 9.64 Å². The van der Waals surface area contributed by atoms with Gasteiger partial charge in [0.05, 0.1) is 12.9 Å². The van der Waals surface area contributed by atoms with Gasteiger partial charge in [0.25, 0.3) is 5.78 Å². The molecule has 37 heavy (non-hydrogen) atoms. The zero-order valence-corrected chi connectivity index (χ0v) is 23.2. The highest BCUT2D eigenvalue weighted by Gasteiger charge is 2.36. The predicted octanol–water partition coefficient (Wildman–Crippen LogP) is 7.16. The fraction of sp³-hybridized carbons (Fsp3) is 0.583. The van der Waals surface area contributed by atoms with Gasteiger partial charge in [-0.1, -0.05) is 12.1 Å². The summed E-state index contributed by atoms with van der Waals surface area (Å²) >= 11 is 3.46. The van der Waals surface area contributed by atoms with Crippen molar-refractivity contribution in [3.05, 3.63) is 54.2 Å². The fourth-order valence-corrected chi connectivity index (χ4v) is 3.10. The quantitative estimate of drug-likeness (QED) is 0.143. The van der Waals surface area contributed by atoms with E-state index in [2.05, 4.69) is 40.1 Å². The summed E-state index contributed by atoms with van der Waals surface area (Å²) in [5.74, 6) is -1.91. The van der Waals surface area contributed by atoms with Gasteiger partial charge in [-0.2, -0.15) is 49.9 Å². The Kier molecular flexibility index (Phi) is 19.5. The molecule has 2 unspecified atom stereocenters.